The number of hydrogen-bond acceptors (Lipinski definition) is 2. The van der Waals surface area contributed by atoms with Gasteiger partial charge in [0.2, 0.25) is 0 Å². The Morgan fingerprint density at radius 3 is 3.05 bits per heavy atom. The zero-order valence-electron chi connectivity index (χ0n) is 12.2. The molecule has 2 nitrogen and oxygen atoms in total. The third kappa shape index (κ3) is 4.72. The van der Waals surface area contributed by atoms with Gasteiger partial charge in [-0.25, -0.2) is 4.39 Å². The van der Waals surface area contributed by atoms with E-state index in [9.17, 15) is 4.39 Å². The summed E-state index contributed by atoms with van der Waals surface area (Å²) in [5, 5.41) is 3.70. The van der Waals surface area contributed by atoms with Gasteiger partial charge in [0.05, 0.1) is 5.02 Å². The lowest BCUT2D eigenvalue weighted by molar-refractivity contribution is 0.165. The number of nitrogens with one attached hydrogen (secondary N) is 1. The van der Waals surface area contributed by atoms with Crippen LogP contribution < -0.4 is 5.32 Å². The molecule has 0 bridgehead atoms. The van der Waals surface area contributed by atoms with E-state index in [1.54, 1.807) is 12.1 Å². The second-order valence-corrected chi connectivity index (χ2v) is 6.10. The first-order valence-electron chi connectivity index (χ1n) is 7.56. The third-order valence-corrected chi connectivity index (χ3v) is 4.16. The summed E-state index contributed by atoms with van der Waals surface area (Å²) in [6.45, 7) is 7.40. The van der Waals surface area contributed by atoms with Gasteiger partial charge in [-0.1, -0.05) is 24.6 Å². The summed E-state index contributed by atoms with van der Waals surface area (Å²) < 4.78 is 13.5. The van der Waals surface area contributed by atoms with Crippen LogP contribution in [0.5, 0.6) is 0 Å². The first kappa shape index (κ1) is 15.7. The smallest absolute Gasteiger partial charge is 0.142 e. The number of likely N-dealkylation sites (tertiary alicyclic amines) is 1. The molecule has 4 heteroatoms. The van der Waals surface area contributed by atoms with Crippen molar-refractivity contribution in [2.45, 2.75) is 32.7 Å². The van der Waals surface area contributed by atoms with Crippen LogP contribution in [0.15, 0.2) is 18.2 Å². The number of benzene rings is 1. The number of hydrogen-bond donors (Lipinski definition) is 1. The van der Waals surface area contributed by atoms with E-state index in [1.807, 2.05) is 6.07 Å². The zero-order valence-corrected chi connectivity index (χ0v) is 12.9. The largest absolute Gasteiger partial charge is 0.316 e. The number of nitrogens with zero attached hydrogens (tertiary/aromatic N) is 1. The molecule has 1 N–H and O–H groups in total. The van der Waals surface area contributed by atoms with Crippen molar-refractivity contribution in [1.82, 2.24) is 10.2 Å². The van der Waals surface area contributed by atoms with Crippen LogP contribution in [0, 0.1) is 11.7 Å². The van der Waals surface area contributed by atoms with Crippen molar-refractivity contribution < 1.29 is 4.39 Å². The third-order valence-electron chi connectivity index (χ3n) is 3.85. The monoisotopic (exact) mass is 298 g/mol. The number of halogens is 2. The predicted octanol–water partition coefficient (Wildman–Crippen LogP) is 3.69. The summed E-state index contributed by atoms with van der Waals surface area (Å²) in [7, 11) is 0. The highest BCUT2D eigenvalue weighted by Gasteiger charge is 2.19. The van der Waals surface area contributed by atoms with Gasteiger partial charge >= 0.3 is 0 Å². The highest BCUT2D eigenvalue weighted by atomic mass is 35.5. The van der Waals surface area contributed by atoms with Crippen LogP contribution in [0.2, 0.25) is 5.02 Å². The highest BCUT2D eigenvalue weighted by Crippen LogP contribution is 2.20. The lowest BCUT2D eigenvalue weighted by Gasteiger charge is -2.33. The molecule has 1 aliphatic heterocycles. The first-order chi connectivity index (χ1) is 9.69. The minimum absolute atomic E-state index is 0.203. The van der Waals surface area contributed by atoms with Crippen molar-refractivity contribution in [3.05, 3.63) is 34.6 Å². The molecule has 112 valence electrons. The molecule has 1 heterocycles. The van der Waals surface area contributed by atoms with Crippen molar-refractivity contribution in [1.29, 1.82) is 0 Å². The summed E-state index contributed by atoms with van der Waals surface area (Å²) in [6, 6.07) is 5.13. The quantitative estimate of drug-likeness (QED) is 0.806. The molecule has 0 amide bonds. The van der Waals surface area contributed by atoms with Gasteiger partial charge in [0, 0.05) is 13.1 Å². The minimum atomic E-state index is -0.317. The molecule has 1 aromatic rings. The van der Waals surface area contributed by atoms with Crippen molar-refractivity contribution in [3.8, 4) is 0 Å². The summed E-state index contributed by atoms with van der Waals surface area (Å²) in [4.78, 5) is 2.42. The lowest BCUT2D eigenvalue weighted by atomic mass is 9.97. The zero-order chi connectivity index (χ0) is 14.4. The second-order valence-electron chi connectivity index (χ2n) is 5.70. The topological polar surface area (TPSA) is 15.3 Å². The van der Waals surface area contributed by atoms with E-state index in [2.05, 4.69) is 17.1 Å². The van der Waals surface area contributed by atoms with Crippen molar-refractivity contribution in [2.75, 3.05) is 26.2 Å². The summed E-state index contributed by atoms with van der Waals surface area (Å²) >= 11 is 5.72. The Morgan fingerprint density at radius 1 is 1.45 bits per heavy atom. The maximum atomic E-state index is 13.5. The Kier molecular flexibility index (Phi) is 6.27. The summed E-state index contributed by atoms with van der Waals surface area (Å²) in [5.41, 5.74) is 1.01. The molecule has 0 saturated carbocycles. The average molecular weight is 299 g/mol. The van der Waals surface area contributed by atoms with E-state index >= 15 is 0 Å². The fourth-order valence-corrected chi connectivity index (χ4v) is 2.96. The number of piperidine rings is 1. The van der Waals surface area contributed by atoms with Crippen LogP contribution in [0.25, 0.3) is 0 Å². The van der Waals surface area contributed by atoms with Gasteiger partial charge in [0.15, 0.2) is 0 Å². The predicted molar refractivity (Wildman–Crippen MR) is 82.6 cm³/mol. The van der Waals surface area contributed by atoms with E-state index in [4.69, 9.17) is 11.6 Å². The maximum Gasteiger partial charge on any atom is 0.142 e. The Bertz CT molecular complexity index is 425. The Labute approximate surface area is 126 Å². The van der Waals surface area contributed by atoms with E-state index in [1.165, 1.54) is 19.3 Å². The summed E-state index contributed by atoms with van der Waals surface area (Å²) in [5.74, 6) is 0.398. The van der Waals surface area contributed by atoms with E-state index in [-0.39, 0.29) is 10.8 Å². The minimum Gasteiger partial charge on any atom is -0.316 e. The molecule has 1 atom stereocenters. The summed E-state index contributed by atoms with van der Waals surface area (Å²) in [6.07, 6.45) is 3.71. The van der Waals surface area contributed by atoms with Crippen molar-refractivity contribution in [2.24, 2.45) is 5.92 Å². The molecule has 0 aliphatic carbocycles. The Balaban J connectivity index is 1.84. The average Bonchev–Trinajstić information content (AvgIpc) is 2.44. The standard InChI is InChI=1S/C16H24ClFN2/c1-2-7-19-10-14-4-3-8-20(12-14)11-13-5-6-15(17)16(18)9-13/h5-6,9,14,19H,2-4,7-8,10-12H2,1H3. The molecule has 0 aromatic heterocycles. The molecule has 1 unspecified atom stereocenters. The van der Waals surface area contributed by atoms with Gasteiger partial charge in [-0.3, -0.25) is 4.90 Å². The lowest BCUT2D eigenvalue weighted by Crippen LogP contribution is -2.39. The highest BCUT2D eigenvalue weighted by molar-refractivity contribution is 6.30. The normalized spacial score (nSPS) is 20.2. The van der Waals surface area contributed by atoms with Gasteiger partial charge in [-0.15, -0.1) is 0 Å². The second kappa shape index (κ2) is 7.96. The van der Waals surface area contributed by atoms with Gasteiger partial charge in [-0.05, 0) is 62.5 Å². The fraction of sp³-hybridized carbons (Fsp3) is 0.625. The van der Waals surface area contributed by atoms with Crippen LogP contribution >= 0.6 is 11.6 Å². The van der Waals surface area contributed by atoms with Crippen LogP contribution in [0.1, 0.15) is 31.7 Å². The molecular weight excluding hydrogens is 275 g/mol. The number of rotatable bonds is 6. The van der Waals surface area contributed by atoms with Crippen molar-refractivity contribution >= 4 is 11.6 Å². The van der Waals surface area contributed by atoms with Gasteiger partial charge < -0.3 is 5.32 Å². The Morgan fingerprint density at radius 2 is 2.30 bits per heavy atom. The van der Waals surface area contributed by atoms with Gasteiger partial charge in [0.25, 0.3) is 0 Å². The van der Waals surface area contributed by atoms with Gasteiger partial charge in [-0.2, -0.15) is 0 Å². The molecule has 0 radical (unpaired) electrons. The van der Waals surface area contributed by atoms with Crippen LogP contribution in [0.3, 0.4) is 0 Å². The molecule has 20 heavy (non-hydrogen) atoms. The fourth-order valence-electron chi connectivity index (χ4n) is 2.84. The molecule has 1 aromatic carbocycles. The van der Waals surface area contributed by atoms with Gasteiger partial charge in [0.1, 0.15) is 5.82 Å². The van der Waals surface area contributed by atoms with E-state index in [0.717, 1.165) is 38.3 Å². The molecule has 1 saturated heterocycles. The molecule has 2 rings (SSSR count). The molecular formula is C16H24ClFN2. The Hall–Kier alpha value is -0.640. The van der Waals surface area contributed by atoms with E-state index in [0.29, 0.717) is 5.92 Å². The van der Waals surface area contributed by atoms with Crippen LogP contribution in [0.4, 0.5) is 4.39 Å². The van der Waals surface area contributed by atoms with Crippen molar-refractivity contribution in [3.63, 3.8) is 0 Å². The SMILES string of the molecule is CCCNCC1CCCN(Cc2ccc(Cl)c(F)c2)C1. The maximum absolute atomic E-state index is 13.5. The first-order valence-corrected chi connectivity index (χ1v) is 7.94. The molecule has 1 fully saturated rings. The molecule has 1 aliphatic rings. The van der Waals surface area contributed by atoms with Crippen LogP contribution in [-0.4, -0.2) is 31.1 Å². The van der Waals surface area contributed by atoms with E-state index < -0.39 is 0 Å². The molecule has 0 spiro atoms. The van der Waals surface area contributed by atoms with Crippen LogP contribution in [-0.2, 0) is 6.54 Å².